The van der Waals surface area contributed by atoms with Crippen molar-refractivity contribution in [1.29, 1.82) is 0 Å². The Balaban J connectivity index is 1.69. The molecule has 0 fully saturated rings. The minimum Gasteiger partial charge on any atom is -0.453 e. The van der Waals surface area contributed by atoms with Crippen LogP contribution in [-0.4, -0.2) is 54.4 Å². The lowest BCUT2D eigenvalue weighted by atomic mass is 10.2. The van der Waals surface area contributed by atoms with Crippen molar-refractivity contribution in [1.82, 2.24) is 16.0 Å². The molecule has 0 aromatic heterocycles. The second-order valence-corrected chi connectivity index (χ2v) is 9.01. The van der Waals surface area contributed by atoms with E-state index >= 15 is 0 Å². The van der Waals surface area contributed by atoms with E-state index in [1.54, 1.807) is 48.6 Å². The molecule has 10 nitrogen and oxygen atoms in total. The van der Waals surface area contributed by atoms with Gasteiger partial charge < -0.3 is 25.4 Å². The van der Waals surface area contributed by atoms with Crippen LogP contribution in [0.1, 0.15) is 5.56 Å². The Morgan fingerprint density at radius 1 is 0.805 bits per heavy atom. The quantitative estimate of drug-likeness (QED) is 0.149. The standard InChI is InChI=1S/C30H31N3O7S/c1-2-26(34)31-18-19-41-30(38)39-22-23-14-16-25(17-15-23)40-28(36)21-32-27(35)20-33-29(37)24-12-10-8-6-4-3-5-7-9-11-13-24/h2-17H,1,18-22H2,(H,31,34)(H,32,35)(H,33,37)/b4-3-,5-3?,6-4?,7-5-,8-6-,9-7?,10-8?,11-9-,12-10-,13-11?,24-12?,24-13+. The molecule has 0 heterocycles. The van der Waals surface area contributed by atoms with Gasteiger partial charge in [0.15, 0.2) is 0 Å². The van der Waals surface area contributed by atoms with Crippen molar-refractivity contribution in [3.05, 3.63) is 115 Å². The number of carbonyl (C=O) groups is 5. The molecule has 0 radical (unpaired) electrons. The molecule has 0 saturated heterocycles. The lowest BCUT2D eigenvalue weighted by molar-refractivity contribution is -0.135. The minimum absolute atomic E-state index is 0.0227. The summed E-state index contributed by atoms with van der Waals surface area (Å²) in [5.74, 6) is -1.42. The molecule has 0 bridgehead atoms. The van der Waals surface area contributed by atoms with Crippen LogP contribution in [0.15, 0.2) is 109 Å². The van der Waals surface area contributed by atoms with E-state index in [0.29, 0.717) is 23.4 Å². The van der Waals surface area contributed by atoms with Gasteiger partial charge in [0.05, 0.1) is 6.54 Å². The number of rotatable bonds is 12. The Labute approximate surface area is 242 Å². The number of amides is 3. The number of hydrogen-bond acceptors (Lipinski definition) is 8. The fourth-order valence-corrected chi connectivity index (χ4v) is 3.37. The van der Waals surface area contributed by atoms with Crippen LogP contribution in [-0.2, 0) is 30.5 Å². The lowest BCUT2D eigenvalue weighted by Gasteiger charge is -2.09. The van der Waals surface area contributed by atoms with Crippen LogP contribution in [0.25, 0.3) is 0 Å². The highest BCUT2D eigenvalue weighted by molar-refractivity contribution is 8.13. The van der Waals surface area contributed by atoms with E-state index in [4.69, 9.17) is 9.47 Å². The second kappa shape index (κ2) is 19.2. The van der Waals surface area contributed by atoms with E-state index in [2.05, 4.69) is 22.5 Å². The average molecular weight is 578 g/mol. The molecule has 1 aliphatic rings. The van der Waals surface area contributed by atoms with Gasteiger partial charge in [0.2, 0.25) is 11.8 Å². The molecule has 41 heavy (non-hydrogen) atoms. The van der Waals surface area contributed by atoms with Gasteiger partial charge in [-0.3, -0.25) is 14.4 Å². The topological polar surface area (TPSA) is 140 Å². The monoisotopic (exact) mass is 577 g/mol. The summed E-state index contributed by atoms with van der Waals surface area (Å²) in [4.78, 5) is 59.5. The Morgan fingerprint density at radius 2 is 1.46 bits per heavy atom. The largest absolute Gasteiger partial charge is 0.453 e. The van der Waals surface area contributed by atoms with Crippen molar-refractivity contribution in [3.63, 3.8) is 0 Å². The third-order valence-corrected chi connectivity index (χ3v) is 5.62. The fourth-order valence-electron chi connectivity index (χ4n) is 2.86. The Kier molecular flexibility index (Phi) is 15.1. The highest BCUT2D eigenvalue weighted by Crippen LogP contribution is 2.14. The Morgan fingerprint density at radius 3 is 2.15 bits per heavy atom. The van der Waals surface area contributed by atoms with Crippen LogP contribution in [0.2, 0.25) is 0 Å². The molecule has 1 aromatic carbocycles. The zero-order valence-corrected chi connectivity index (χ0v) is 23.1. The first-order valence-electron chi connectivity index (χ1n) is 12.5. The number of thioether (sulfide) groups is 1. The molecule has 3 N–H and O–H groups in total. The Hall–Kier alpha value is -4.90. The number of nitrogens with one attached hydrogen (secondary N) is 3. The summed E-state index contributed by atoms with van der Waals surface area (Å²) >= 11 is 0.932. The molecule has 0 unspecified atom stereocenters. The highest BCUT2D eigenvalue weighted by atomic mass is 32.2. The molecule has 0 spiro atoms. The van der Waals surface area contributed by atoms with Crippen molar-refractivity contribution in [2.75, 3.05) is 25.4 Å². The van der Waals surface area contributed by atoms with E-state index in [9.17, 15) is 24.0 Å². The third kappa shape index (κ3) is 14.7. The number of esters is 1. The molecule has 11 heteroatoms. The Bertz CT molecular complexity index is 1280. The summed E-state index contributed by atoms with van der Waals surface area (Å²) in [6.07, 6.45) is 20.6. The normalized spacial score (nSPS) is 17.4. The smallest absolute Gasteiger partial charge is 0.367 e. The predicted octanol–water partition coefficient (Wildman–Crippen LogP) is 3.22. The summed E-state index contributed by atoms with van der Waals surface area (Å²) in [5.41, 5.74) is 1.02. The van der Waals surface area contributed by atoms with E-state index in [0.717, 1.165) is 17.8 Å². The molecular formula is C30H31N3O7S. The molecular weight excluding hydrogens is 546 g/mol. The van der Waals surface area contributed by atoms with Crippen molar-refractivity contribution < 1.29 is 33.4 Å². The number of benzene rings is 1. The van der Waals surface area contributed by atoms with Crippen molar-refractivity contribution >= 4 is 40.8 Å². The van der Waals surface area contributed by atoms with Crippen molar-refractivity contribution in [3.8, 4) is 5.75 Å². The van der Waals surface area contributed by atoms with Gasteiger partial charge in [-0.05, 0) is 47.7 Å². The first-order valence-corrected chi connectivity index (χ1v) is 13.5. The van der Waals surface area contributed by atoms with Gasteiger partial charge in [-0.15, -0.1) is 0 Å². The maximum atomic E-state index is 12.5. The molecule has 1 aromatic rings. The summed E-state index contributed by atoms with van der Waals surface area (Å²) in [6.45, 7) is 2.95. The number of hydrogen-bond donors (Lipinski definition) is 3. The molecule has 3 amide bonds. The lowest BCUT2D eigenvalue weighted by Crippen LogP contribution is -2.40. The zero-order valence-electron chi connectivity index (χ0n) is 22.2. The van der Waals surface area contributed by atoms with E-state index in [-0.39, 0.29) is 24.8 Å². The molecule has 214 valence electrons. The van der Waals surface area contributed by atoms with E-state index in [1.165, 1.54) is 12.1 Å². The summed E-state index contributed by atoms with van der Waals surface area (Å²) < 4.78 is 10.3. The van der Waals surface area contributed by atoms with Crippen LogP contribution in [0, 0.1) is 0 Å². The summed E-state index contributed by atoms with van der Waals surface area (Å²) in [7, 11) is 0. The van der Waals surface area contributed by atoms with Gasteiger partial charge in [0.1, 0.15) is 18.9 Å². The van der Waals surface area contributed by atoms with Crippen molar-refractivity contribution in [2.45, 2.75) is 6.61 Å². The zero-order chi connectivity index (χ0) is 29.7. The van der Waals surface area contributed by atoms with Gasteiger partial charge in [0, 0.05) is 17.9 Å². The number of allylic oxidation sites excluding steroid dienone is 10. The second-order valence-electron chi connectivity index (χ2n) is 7.98. The van der Waals surface area contributed by atoms with Gasteiger partial charge in [-0.1, -0.05) is 73.4 Å². The maximum Gasteiger partial charge on any atom is 0.367 e. The van der Waals surface area contributed by atoms with Crippen LogP contribution < -0.4 is 20.7 Å². The number of carbonyl (C=O) groups excluding carboxylic acids is 5. The summed E-state index contributed by atoms with van der Waals surface area (Å²) in [5, 5.41) is 6.98. The molecule has 0 atom stereocenters. The average Bonchev–Trinajstić information content (AvgIpc) is 2.96. The van der Waals surface area contributed by atoms with Crippen LogP contribution in [0.5, 0.6) is 5.75 Å². The molecule has 2 rings (SSSR count). The first-order chi connectivity index (χ1) is 19.9. The van der Waals surface area contributed by atoms with Gasteiger partial charge in [0.25, 0.3) is 5.91 Å². The summed E-state index contributed by atoms with van der Waals surface area (Å²) in [6, 6.07) is 6.31. The van der Waals surface area contributed by atoms with Gasteiger partial charge in [-0.25, -0.2) is 9.59 Å². The van der Waals surface area contributed by atoms with Crippen LogP contribution in [0.4, 0.5) is 4.79 Å². The van der Waals surface area contributed by atoms with Gasteiger partial charge >= 0.3 is 11.3 Å². The highest BCUT2D eigenvalue weighted by Gasteiger charge is 2.11. The molecule has 0 aliphatic heterocycles. The maximum absolute atomic E-state index is 12.5. The first kappa shape index (κ1) is 32.3. The van der Waals surface area contributed by atoms with Crippen LogP contribution >= 0.6 is 11.8 Å². The molecule has 1 aliphatic carbocycles. The molecule has 0 saturated carbocycles. The van der Waals surface area contributed by atoms with Crippen LogP contribution in [0.3, 0.4) is 0 Å². The minimum atomic E-state index is -0.701. The van der Waals surface area contributed by atoms with E-state index < -0.39 is 29.6 Å². The van der Waals surface area contributed by atoms with E-state index in [1.807, 2.05) is 30.4 Å². The van der Waals surface area contributed by atoms with Crippen molar-refractivity contribution in [2.24, 2.45) is 0 Å². The predicted molar refractivity (Wildman–Crippen MR) is 158 cm³/mol. The third-order valence-electron chi connectivity index (χ3n) is 4.86. The number of ether oxygens (including phenoxy) is 2. The van der Waals surface area contributed by atoms with Gasteiger partial charge in [-0.2, -0.15) is 0 Å². The fraction of sp³-hybridized carbons (Fsp3) is 0.167. The SMILES string of the molecule is C=CC(=O)NCCSC(=O)OCc1ccc(OC(=O)CNC(=O)CNC(=O)C2=C/C=C\C=C/C=C\C=C/C=C\2)cc1.